The fourth-order valence-electron chi connectivity index (χ4n) is 3.41. The van der Waals surface area contributed by atoms with Gasteiger partial charge in [0.05, 0.1) is 12.7 Å². The van der Waals surface area contributed by atoms with Crippen molar-refractivity contribution in [3.63, 3.8) is 0 Å². The molecule has 6 heteroatoms. The van der Waals surface area contributed by atoms with Crippen molar-refractivity contribution in [3.05, 3.63) is 76.6 Å². The number of amides is 1. The second-order valence-corrected chi connectivity index (χ2v) is 6.84. The van der Waals surface area contributed by atoms with Crippen LogP contribution in [0.15, 0.2) is 48.5 Å². The van der Waals surface area contributed by atoms with Crippen LogP contribution in [0.5, 0.6) is 11.5 Å². The van der Waals surface area contributed by atoms with Gasteiger partial charge in [0.2, 0.25) is 5.78 Å². The van der Waals surface area contributed by atoms with E-state index < -0.39 is 5.91 Å². The normalized spacial score (nSPS) is 10.6. The minimum Gasteiger partial charge on any atom is -0.497 e. The van der Waals surface area contributed by atoms with Crippen LogP contribution in [0.3, 0.4) is 0 Å². The number of Topliss-reactive ketones (excluding diaryl/α,β-unsaturated/α-hetero) is 1. The number of carbonyl (C=O) groups excluding carboxylic acids is 2. The zero-order chi connectivity index (χ0) is 21.1. The van der Waals surface area contributed by atoms with Crippen molar-refractivity contribution in [2.75, 3.05) is 13.7 Å². The lowest BCUT2D eigenvalue weighted by atomic mass is 10.1. The van der Waals surface area contributed by atoms with E-state index in [0.29, 0.717) is 11.3 Å². The van der Waals surface area contributed by atoms with Gasteiger partial charge in [-0.3, -0.25) is 9.59 Å². The molecule has 0 spiro atoms. The van der Waals surface area contributed by atoms with Gasteiger partial charge in [0, 0.05) is 22.6 Å². The van der Waals surface area contributed by atoms with E-state index in [0.717, 1.165) is 22.6 Å². The van der Waals surface area contributed by atoms with Gasteiger partial charge in [0.15, 0.2) is 6.61 Å². The second kappa shape index (κ2) is 8.22. The maximum atomic E-state index is 12.8. The molecule has 29 heavy (non-hydrogen) atoms. The Bertz CT molecular complexity index is 1080. The molecule has 0 saturated carbocycles. The van der Waals surface area contributed by atoms with E-state index in [4.69, 9.17) is 15.2 Å². The smallest absolute Gasteiger partial charge is 0.252 e. The van der Waals surface area contributed by atoms with Crippen molar-refractivity contribution in [1.29, 1.82) is 0 Å². The lowest BCUT2D eigenvalue weighted by Crippen LogP contribution is -2.17. The van der Waals surface area contributed by atoms with Gasteiger partial charge in [-0.15, -0.1) is 0 Å². The Hall–Kier alpha value is -3.54. The molecule has 0 radical (unpaired) electrons. The topological polar surface area (TPSA) is 83.6 Å². The average Bonchev–Trinajstić information content (AvgIpc) is 3.00. The van der Waals surface area contributed by atoms with Crippen molar-refractivity contribution in [3.8, 4) is 17.2 Å². The molecular weight excluding hydrogens is 368 g/mol. The highest BCUT2D eigenvalue weighted by atomic mass is 16.5. The molecule has 3 aromatic rings. The van der Waals surface area contributed by atoms with Gasteiger partial charge in [0.25, 0.3) is 5.91 Å². The summed E-state index contributed by atoms with van der Waals surface area (Å²) in [6.45, 7) is 5.71. The van der Waals surface area contributed by atoms with E-state index >= 15 is 0 Å². The first kappa shape index (κ1) is 20.2. The quantitative estimate of drug-likeness (QED) is 0.621. The van der Waals surface area contributed by atoms with Gasteiger partial charge in [-0.05, 0) is 56.7 Å². The monoisotopic (exact) mass is 392 g/mol. The number of rotatable bonds is 7. The molecule has 0 aliphatic carbocycles. The first-order valence-corrected chi connectivity index (χ1v) is 9.22. The molecule has 0 atom stereocenters. The Morgan fingerprint density at radius 1 is 1.00 bits per heavy atom. The molecular formula is C23H24N2O4. The SMILES string of the molecule is COc1ccc(OCC(=O)c2cc(C)n(-c3ccccc3C)c2C)c(C(N)=O)c1. The number of carbonyl (C=O) groups is 2. The fraction of sp³-hybridized carbons (Fsp3) is 0.217. The molecule has 1 amide bonds. The summed E-state index contributed by atoms with van der Waals surface area (Å²) in [7, 11) is 1.49. The molecule has 1 heterocycles. The summed E-state index contributed by atoms with van der Waals surface area (Å²) in [6.07, 6.45) is 0. The zero-order valence-corrected chi connectivity index (χ0v) is 17.0. The Balaban J connectivity index is 1.85. The second-order valence-electron chi connectivity index (χ2n) is 6.84. The lowest BCUT2D eigenvalue weighted by molar-refractivity contribution is 0.0911. The van der Waals surface area contributed by atoms with Gasteiger partial charge in [0.1, 0.15) is 11.5 Å². The standard InChI is InChI=1S/C23H24N2O4/c1-14-7-5-6-8-20(14)25-15(2)11-18(16(25)3)21(26)13-29-22-10-9-17(28-4)12-19(22)23(24)27/h5-12H,13H2,1-4H3,(H2,24,27). The van der Waals surface area contributed by atoms with Gasteiger partial charge in [-0.25, -0.2) is 0 Å². The Morgan fingerprint density at radius 3 is 2.38 bits per heavy atom. The van der Waals surface area contributed by atoms with Crippen molar-refractivity contribution in [2.45, 2.75) is 20.8 Å². The third-order valence-electron chi connectivity index (χ3n) is 4.90. The van der Waals surface area contributed by atoms with Gasteiger partial charge in [-0.1, -0.05) is 18.2 Å². The minimum absolute atomic E-state index is 0.169. The molecule has 2 aromatic carbocycles. The highest BCUT2D eigenvalue weighted by molar-refractivity contribution is 5.99. The molecule has 0 aliphatic rings. The summed E-state index contributed by atoms with van der Waals surface area (Å²) < 4.78 is 12.8. The predicted molar refractivity (Wildman–Crippen MR) is 111 cm³/mol. The maximum absolute atomic E-state index is 12.8. The molecule has 150 valence electrons. The molecule has 0 aliphatic heterocycles. The number of benzene rings is 2. The van der Waals surface area contributed by atoms with Crippen LogP contribution in [-0.4, -0.2) is 30.0 Å². The Morgan fingerprint density at radius 2 is 1.72 bits per heavy atom. The first-order valence-electron chi connectivity index (χ1n) is 9.22. The Labute approximate surface area is 169 Å². The van der Waals surface area contributed by atoms with E-state index in [9.17, 15) is 9.59 Å². The number of methoxy groups -OCH3 is 1. The summed E-state index contributed by atoms with van der Waals surface area (Å²) in [6, 6.07) is 14.6. The van der Waals surface area contributed by atoms with Crippen LogP contribution in [-0.2, 0) is 0 Å². The summed E-state index contributed by atoms with van der Waals surface area (Å²) in [5.74, 6) is -0.0909. The van der Waals surface area contributed by atoms with Crippen molar-refractivity contribution < 1.29 is 19.1 Å². The van der Waals surface area contributed by atoms with Crippen LogP contribution in [0, 0.1) is 20.8 Å². The van der Waals surface area contributed by atoms with Gasteiger partial charge in [-0.2, -0.15) is 0 Å². The number of para-hydroxylation sites is 1. The zero-order valence-electron chi connectivity index (χ0n) is 17.0. The summed E-state index contributed by atoms with van der Waals surface area (Å²) in [5, 5.41) is 0. The molecule has 0 unspecified atom stereocenters. The molecule has 1 aromatic heterocycles. The summed E-state index contributed by atoms with van der Waals surface area (Å²) >= 11 is 0. The van der Waals surface area contributed by atoms with Crippen LogP contribution >= 0.6 is 0 Å². The van der Waals surface area contributed by atoms with E-state index in [1.807, 2.05) is 51.1 Å². The average molecular weight is 392 g/mol. The number of aromatic nitrogens is 1. The number of primary amides is 1. The highest BCUT2D eigenvalue weighted by Crippen LogP contribution is 2.26. The van der Waals surface area contributed by atoms with E-state index in [1.54, 1.807) is 12.1 Å². The molecule has 3 rings (SSSR count). The number of hydrogen-bond acceptors (Lipinski definition) is 4. The van der Waals surface area contributed by atoms with Crippen molar-refractivity contribution >= 4 is 11.7 Å². The third kappa shape index (κ3) is 4.01. The molecule has 0 saturated heterocycles. The molecule has 6 nitrogen and oxygen atoms in total. The van der Waals surface area contributed by atoms with Gasteiger partial charge >= 0.3 is 0 Å². The predicted octanol–water partition coefficient (Wildman–Crippen LogP) is 3.77. The number of nitrogens with two attached hydrogens (primary N) is 1. The van der Waals surface area contributed by atoms with Crippen LogP contribution < -0.4 is 15.2 Å². The molecule has 2 N–H and O–H groups in total. The maximum Gasteiger partial charge on any atom is 0.252 e. The largest absolute Gasteiger partial charge is 0.497 e. The number of ether oxygens (including phenoxy) is 2. The van der Waals surface area contributed by atoms with Crippen LogP contribution in [0.2, 0.25) is 0 Å². The van der Waals surface area contributed by atoms with E-state index in [2.05, 4.69) is 4.57 Å². The van der Waals surface area contributed by atoms with E-state index in [-0.39, 0.29) is 23.7 Å². The van der Waals surface area contributed by atoms with Crippen LogP contribution in [0.4, 0.5) is 0 Å². The van der Waals surface area contributed by atoms with Crippen LogP contribution in [0.25, 0.3) is 5.69 Å². The number of ketones is 1. The van der Waals surface area contributed by atoms with Crippen molar-refractivity contribution in [1.82, 2.24) is 4.57 Å². The minimum atomic E-state index is -0.649. The van der Waals surface area contributed by atoms with Gasteiger partial charge < -0.3 is 19.8 Å². The Kier molecular flexibility index (Phi) is 5.73. The number of hydrogen-bond donors (Lipinski definition) is 1. The summed E-state index contributed by atoms with van der Waals surface area (Å²) in [5.41, 5.74) is 10.1. The fourth-order valence-corrected chi connectivity index (χ4v) is 3.41. The molecule has 0 bridgehead atoms. The number of aryl methyl sites for hydroxylation is 2. The van der Waals surface area contributed by atoms with E-state index in [1.165, 1.54) is 13.2 Å². The molecule has 0 fully saturated rings. The third-order valence-corrected chi connectivity index (χ3v) is 4.90. The number of nitrogens with zero attached hydrogens (tertiary/aromatic N) is 1. The summed E-state index contributed by atoms with van der Waals surface area (Å²) in [4.78, 5) is 24.5. The first-order chi connectivity index (χ1) is 13.8. The van der Waals surface area contributed by atoms with Crippen LogP contribution in [0.1, 0.15) is 37.7 Å². The lowest BCUT2D eigenvalue weighted by Gasteiger charge is -2.13. The van der Waals surface area contributed by atoms with Crippen molar-refractivity contribution in [2.24, 2.45) is 5.73 Å². The highest BCUT2D eigenvalue weighted by Gasteiger charge is 2.19.